The van der Waals surface area contributed by atoms with E-state index in [9.17, 15) is 0 Å². The molecule has 0 saturated carbocycles. The van der Waals surface area contributed by atoms with Gasteiger partial charge < -0.3 is 10.3 Å². The standard InChI is InChI=1S/C20H15ClN8O/c1-28-18(13-9-25-29(11-13)15-5-3-14(21)4-6-15)16(10-24-28)20-26-19(27-30-20)12-2-7-17(22)23-8-12/h2-11H,1H3,(H2,22,23). The number of hydrogen-bond donors (Lipinski definition) is 1. The average Bonchev–Trinajstić information content (AvgIpc) is 3.48. The van der Waals surface area contributed by atoms with Crippen molar-refractivity contribution in [3.8, 4) is 39.8 Å². The van der Waals surface area contributed by atoms with Gasteiger partial charge in [0.15, 0.2) is 0 Å². The SMILES string of the molecule is Cn1ncc(-c2nc(-c3ccc(N)nc3)no2)c1-c1cnn(-c2ccc(Cl)cc2)c1. The lowest BCUT2D eigenvalue weighted by atomic mass is 10.1. The van der Waals surface area contributed by atoms with Crippen molar-refractivity contribution in [2.75, 3.05) is 5.73 Å². The van der Waals surface area contributed by atoms with Gasteiger partial charge in [0.1, 0.15) is 5.82 Å². The topological polar surface area (TPSA) is 113 Å². The van der Waals surface area contributed by atoms with Crippen molar-refractivity contribution in [2.24, 2.45) is 7.05 Å². The van der Waals surface area contributed by atoms with Crippen LogP contribution in [0.5, 0.6) is 0 Å². The quantitative estimate of drug-likeness (QED) is 0.474. The molecule has 0 aliphatic heterocycles. The van der Waals surface area contributed by atoms with Gasteiger partial charge in [-0.2, -0.15) is 15.2 Å². The molecule has 30 heavy (non-hydrogen) atoms. The lowest BCUT2D eigenvalue weighted by Gasteiger charge is -2.02. The fraction of sp³-hybridized carbons (Fsp3) is 0.0500. The van der Waals surface area contributed by atoms with Crippen molar-refractivity contribution < 1.29 is 4.52 Å². The largest absolute Gasteiger partial charge is 0.384 e. The highest BCUT2D eigenvalue weighted by Crippen LogP contribution is 2.32. The van der Waals surface area contributed by atoms with E-state index in [0.717, 1.165) is 16.9 Å². The van der Waals surface area contributed by atoms with Crippen molar-refractivity contribution in [3.05, 3.63) is 66.2 Å². The molecule has 1 aromatic carbocycles. The first-order chi connectivity index (χ1) is 14.6. The Morgan fingerprint density at radius 1 is 0.967 bits per heavy atom. The minimum Gasteiger partial charge on any atom is -0.384 e. The van der Waals surface area contributed by atoms with Gasteiger partial charge in [0.2, 0.25) is 5.82 Å². The average molecular weight is 419 g/mol. The zero-order chi connectivity index (χ0) is 20.7. The number of nitrogens with two attached hydrogens (primary N) is 1. The zero-order valence-electron chi connectivity index (χ0n) is 15.8. The maximum absolute atomic E-state index is 5.97. The Morgan fingerprint density at radius 3 is 2.57 bits per heavy atom. The number of aryl methyl sites for hydroxylation is 1. The van der Waals surface area contributed by atoms with Crippen LogP contribution in [0.1, 0.15) is 0 Å². The minimum atomic E-state index is 0.351. The van der Waals surface area contributed by atoms with Crippen LogP contribution in [0.2, 0.25) is 5.02 Å². The number of hydrogen-bond acceptors (Lipinski definition) is 7. The first-order valence-electron chi connectivity index (χ1n) is 8.97. The molecule has 0 fully saturated rings. The number of nitrogen functional groups attached to an aromatic ring is 1. The van der Waals surface area contributed by atoms with Gasteiger partial charge in [-0.3, -0.25) is 4.68 Å². The van der Waals surface area contributed by atoms with Crippen molar-refractivity contribution in [1.82, 2.24) is 34.7 Å². The van der Waals surface area contributed by atoms with Crippen LogP contribution in [0.25, 0.3) is 39.8 Å². The van der Waals surface area contributed by atoms with E-state index in [0.29, 0.717) is 33.7 Å². The Morgan fingerprint density at radius 2 is 1.80 bits per heavy atom. The molecule has 0 aliphatic carbocycles. The fourth-order valence-corrected chi connectivity index (χ4v) is 3.23. The van der Waals surface area contributed by atoms with Crippen LogP contribution in [0, 0.1) is 0 Å². The molecule has 4 heterocycles. The van der Waals surface area contributed by atoms with Gasteiger partial charge in [0.05, 0.1) is 29.3 Å². The molecule has 0 saturated heterocycles. The van der Waals surface area contributed by atoms with E-state index in [-0.39, 0.29) is 0 Å². The Labute approximate surface area is 175 Å². The molecule has 4 aromatic heterocycles. The van der Waals surface area contributed by atoms with Crippen LogP contribution in [-0.2, 0) is 7.05 Å². The molecular formula is C20H15ClN8O. The van der Waals surface area contributed by atoms with E-state index < -0.39 is 0 Å². The van der Waals surface area contributed by atoms with Gasteiger partial charge >= 0.3 is 0 Å². The summed E-state index contributed by atoms with van der Waals surface area (Å²) in [6, 6.07) is 10.9. The molecule has 0 bridgehead atoms. The van der Waals surface area contributed by atoms with Crippen molar-refractivity contribution in [1.29, 1.82) is 0 Å². The normalized spacial score (nSPS) is 11.1. The molecule has 148 valence electrons. The number of pyridine rings is 1. The van der Waals surface area contributed by atoms with Crippen molar-refractivity contribution in [3.63, 3.8) is 0 Å². The molecule has 10 heteroatoms. The smallest absolute Gasteiger partial charge is 0.262 e. The van der Waals surface area contributed by atoms with E-state index in [1.807, 2.05) is 37.5 Å². The fourth-order valence-electron chi connectivity index (χ4n) is 3.10. The second-order valence-corrected chi connectivity index (χ2v) is 7.01. The van der Waals surface area contributed by atoms with Crippen LogP contribution in [-0.4, -0.2) is 34.7 Å². The van der Waals surface area contributed by atoms with Crippen LogP contribution in [0.3, 0.4) is 0 Å². The van der Waals surface area contributed by atoms with Crippen LogP contribution in [0.4, 0.5) is 5.82 Å². The summed E-state index contributed by atoms with van der Waals surface area (Å²) in [5.74, 6) is 1.20. The summed E-state index contributed by atoms with van der Waals surface area (Å²) in [4.78, 5) is 8.56. The third-order valence-electron chi connectivity index (χ3n) is 4.59. The van der Waals surface area contributed by atoms with E-state index in [2.05, 4.69) is 25.3 Å². The van der Waals surface area contributed by atoms with E-state index in [1.54, 1.807) is 40.1 Å². The molecular weight excluding hydrogens is 404 g/mol. The summed E-state index contributed by atoms with van der Waals surface area (Å²) in [5, 5.41) is 13.5. The summed E-state index contributed by atoms with van der Waals surface area (Å²) in [7, 11) is 1.85. The summed E-state index contributed by atoms with van der Waals surface area (Å²) in [6.45, 7) is 0. The second kappa shape index (κ2) is 7.12. The summed E-state index contributed by atoms with van der Waals surface area (Å²) >= 11 is 5.97. The molecule has 5 aromatic rings. The third kappa shape index (κ3) is 3.20. The van der Waals surface area contributed by atoms with E-state index in [4.69, 9.17) is 21.9 Å². The summed E-state index contributed by atoms with van der Waals surface area (Å²) in [6.07, 6.45) is 6.96. The Hall–Kier alpha value is -3.98. The van der Waals surface area contributed by atoms with E-state index in [1.165, 1.54) is 0 Å². The predicted octanol–water partition coefficient (Wildman–Crippen LogP) is 3.62. The monoisotopic (exact) mass is 418 g/mol. The van der Waals surface area contributed by atoms with Crippen molar-refractivity contribution in [2.45, 2.75) is 0 Å². The number of nitrogens with zero attached hydrogens (tertiary/aromatic N) is 7. The summed E-state index contributed by atoms with van der Waals surface area (Å²) < 4.78 is 9.01. The van der Waals surface area contributed by atoms with Crippen molar-refractivity contribution >= 4 is 17.4 Å². The lowest BCUT2D eigenvalue weighted by molar-refractivity contribution is 0.432. The highest BCUT2D eigenvalue weighted by molar-refractivity contribution is 6.30. The number of aromatic nitrogens is 7. The lowest BCUT2D eigenvalue weighted by Crippen LogP contribution is -1.95. The molecule has 0 atom stereocenters. The highest BCUT2D eigenvalue weighted by Gasteiger charge is 2.20. The molecule has 0 unspecified atom stereocenters. The Balaban J connectivity index is 1.52. The first-order valence-corrected chi connectivity index (χ1v) is 9.35. The van der Waals surface area contributed by atoms with Gasteiger partial charge in [-0.25, -0.2) is 9.67 Å². The van der Waals surface area contributed by atoms with Gasteiger partial charge in [-0.1, -0.05) is 16.8 Å². The predicted molar refractivity (Wildman–Crippen MR) is 112 cm³/mol. The molecule has 0 aliphatic rings. The Kier molecular flexibility index (Phi) is 4.29. The maximum Gasteiger partial charge on any atom is 0.262 e. The van der Waals surface area contributed by atoms with Gasteiger partial charge in [-0.05, 0) is 36.4 Å². The van der Waals surface area contributed by atoms with Crippen LogP contribution in [0.15, 0.2) is 65.7 Å². The number of anilines is 1. The minimum absolute atomic E-state index is 0.351. The first kappa shape index (κ1) is 18.1. The summed E-state index contributed by atoms with van der Waals surface area (Å²) in [5.41, 5.74) is 9.61. The second-order valence-electron chi connectivity index (χ2n) is 6.58. The number of rotatable bonds is 4. The van der Waals surface area contributed by atoms with Crippen LogP contribution >= 0.6 is 11.6 Å². The van der Waals surface area contributed by atoms with E-state index >= 15 is 0 Å². The number of halogens is 1. The molecule has 2 N–H and O–H groups in total. The highest BCUT2D eigenvalue weighted by atomic mass is 35.5. The maximum atomic E-state index is 5.97. The van der Waals surface area contributed by atoms with Gasteiger partial charge in [-0.15, -0.1) is 0 Å². The van der Waals surface area contributed by atoms with Crippen LogP contribution < -0.4 is 5.73 Å². The Bertz CT molecular complexity index is 1320. The molecule has 0 spiro atoms. The third-order valence-corrected chi connectivity index (χ3v) is 4.84. The van der Waals surface area contributed by atoms with Gasteiger partial charge in [0, 0.05) is 35.6 Å². The molecule has 9 nitrogen and oxygen atoms in total. The molecule has 0 radical (unpaired) electrons. The van der Waals surface area contributed by atoms with Gasteiger partial charge in [0.25, 0.3) is 5.89 Å². The number of benzene rings is 1. The zero-order valence-corrected chi connectivity index (χ0v) is 16.5. The molecule has 5 rings (SSSR count). The molecule has 0 amide bonds.